The molecule has 1 N–H and O–H groups in total. The number of esters is 1. The van der Waals surface area contributed by atoms with Crippen LogP contribution in [0.25, 0.3) is 0 Å². The quantitative estimate of drug-likeness (QED) is 0.785. The van der Waals surface area contributed by atoms with E-state index in [4.69, 9.17) is 4.74 Å². The van der Waals surface area contributed by atoms with E-state index in [1.165, 1.54) is 37.3 Å². The van der Waals surface area contributed by atoms with Gasteiger partial charge in [0.05, 0.1) is 5.56 Å². The number of hydrogen-bond donors (Lipinski definition) is 1. The van der Waals surface area contributed by atoms with Crippen molar-refractivity contribution in [2.75, 3.05) is 5.32 Å². The van der Waals surface area contributed by atoms with Crippen molar-refractivity contribution < 1.29 is 23.1 Å². The Kier molecular flexibility index (Phi) is 5.66. The standard InChI is InChI=1S/C17H14BrF2NO3/c1-9-3-5-12(8-15(9)20)21-16(22)10(2)24-17(23)13-7-11(19)4-6-14(13)18/h3-8,10H,1-2H3,(H,21,22). The number of carbonyl (C=O) groups excluding carboxylic acids is 2. The number of hydrogen-bond acceptors (Lipinski definition) is 3. The van der Waals surface area contributed by atoms with Gasteiger partial charge in [0, 0.05) is 10.2 Å². The van der Waals surface area contributed by atoms with Gasteiger partial charge in [-0.15, -0.1) is 0 Å². The van der Waals surface area contributed by atoms with Crippen LogP contribution in [0, 0.1) is 18.6 Å². The first-order valence-electron chi connectivity index (χ1n) is 7.01. The van der Waals surface area contributed by atoms with E-state index in [0.717, 1.165) is 6.07 Å². The molecule has 1 unspecified atom stereocenters. The Morgan fingerprint density at radius 2 is 1.88 bits per heavy atom. The zero-order chi connectivity index (χ0) is 17.9. The normalized spacial score (nSPS) is 11.7. The van der Waals surface area contributed by atoms with E-state index in [0.29, 0.717) is 10.0 Å². The topological polar surface area (TPSA) is 55.4 Å². The van der Waals surface area contributed by atoms with Gasteiger partial charge in [-0.2, -0.15) is 0 Å². The van der Waals surface area contributed by atoms with E-state index < -0.39 is 29.6 Å². The molecular formula is C17H14BrF2NO3. The summed E-state index contributed by atoms with van der Waals surface area (Å²) in [6, 6.07) is 7.78. The highest BCUT2D eigenvalue weighted by molar-refractivity contribution is 9.10. The molecule has 0 aliphatic carbocycles. The van der Waals surface area contributed by atoms with Gasteiger partial charge in [0.15, 0.2) is 6.10 Å². The number of anilines is 1. The Labute approximate surface area is 145 Å². The lowest BCUT2D eigenvalue weighted by atomic mass is 10.2. The molecule has 2 rings (SSSR count). The first-order valence-corrected chi connectivity index (χ1v) is 7.80. The van der Waals surface area contributed by atoms with Crippen LogP contribution in [-0.4, -0.2) is 18.0 Å². The molecule has 1 atom stereocenters. The van der Waals surface area contributed by atoms with Gasteiger partial charge >= 0.3 is 5.97 Å². The molecule has 0 aromatic heterocycles. The molecule has 24 heavy (non-hydrogen) atoms. The molecule has 126 valence electrons. The van der Waals surface area contributed by atoms with E-state index in [-0.39, 0.29) is 11.3 Å². The van der Waals surface area contributed by atoms with Crippen LogP contribution in [0.2, 0.25) is 0 Å². The smallest absolute Gasteiger partial charge is 0.340 e. The van der Waals surface area contributed by atoms with Crippen LogP contribution in [-0.2, 0) is 9.53 Å². The molecule has 0 spiro atoms. The fourth-order valence-corrected chi connectivity index (χ4v) is 2.25. The van der Waals surface area contributed by atoms with Crippen molar-refractivity contribution in [3.63, 3.8) is 0 Å². The maximum Gasteiger partial charge on any atom is 0.340 e. The number of halogens is 3. The fraction of sp³-hybridized carbons (Fsp3) is 0.176. The van der Waals surface area contributed by atoms with Gasteiger partial charge in [0.1, 0.15) is 11.6 Å². The largest absolute Gasteiger partial charge is 0.449 e. The number of nitrogens with one attached hydrogen (secondary N) is 1. The molecule has 2 aromatic rings. The first-order chi connectivity index (χ1) is 11.3. The van der Waals surface area contributed by atoms with Crippen molar-refractivity contribution in [2.45, 2.75) is 20.0 Å². The highest BCUT2D eigenvalue weighted by atomic mass is 79.9. The average molecular weight is 398 g/mol. The Morgan fingerprint density at radius 3 is 2.54 bits per heavy atom. The van der Waals surface area contributed by atoms with Crippen molar-refractivity contribution in [3.05, 3.63) is 63.6 Å². The fourth-order valence-electron chi connectivity index (χ4n) is 1.85. The number of carbonyl (C=O) groups is 2. The number of benzene rings is 2. The zero-order valence-corrected chi connectivity index (χ0v) is 14.5. The predicted molar refractivity (Wildman–Crippen MR) is 88.7 cm³/mol. The maximum absolute atomic E-state index is 13.5. The zero-order valence-electron chi connectivity index (χ0n) is 12.9. The SMILES string of the molecule is Cc1ccc(NC(=O)C(C)OC(=O)c2cc(F)ccc2Br)cc1F. The molecular weight excluding hydrogens is 384 g/mol. The summed E-state index contributed by atoms with van der Waals surface area (Å²) in [5, 5.41) is 2.45. The third-order valence-corrected chi connectivity index (χ3v) is 3.93. The number of ether oxygens (including phenoxy) is 1. The van der Waals surface area contributed by atoms with E-state index >= 15 is 0 Å². The molecule has 0 heterocycles. The molecule has 0 saturated heterocycles. The Hall–Kier alpha value is -2.28. The van der Waals surface area contributed by atoms with Crippen LogP contribution in [0.1, 0.15) is 22.8 Å². The van der Waals surface area contributed by atoms with Gasteiger partial charge in [-0.1, -0.05) is 6.07 Å². The Balaban J connectivity index is 2.04. The van der Waals surface area contributed by atoms with Gasteiger partial charge in [0.2, 0.25) is 0 Å². The van der Waals surface area contributed by atoms with Crippen molar-refractivity contribution in [3.8, 4) is 0 Å². The molecule has 0 bridgehead atoms. The van der Waals surface area contributed by atoms with Crippen LogP contribution < -0.4 is 5.32 Å². The Morgan fingerprint density at radius 1 is 1.17 bits per heavy atom. The molecule has 0 saturated carbocycles. The first kappa shape index (κ1) is 18.1. The highest BCUT2D eigenvalue weighted by Crippen LogP contribution is 2.20. The predicted octanol–water partition coefficient (Wildman–Crippen LogP) is 4.22. The minimum atomic E-state index is -1.14. The molecule has 4 nitrogen and oxygen atoms in total. The summed E-state index contributed by atoms with van der Waals surface area (Å²) in [5.41, 5.74) is 0.664. The van der Waals surface area contributed by atoms with Gasteiger partial charge < -0.3 is 10.1 Å². The lowest BCUT2D eigenvalue weighted by Crippen LogP contribution is -2.30. The number of aryl methyl sites for hydroxylation is 1. The average Bonchev–Trinajstić information content (AvgIpc) is 2.53. The van der Waals surface area contributed by atoms with E-state index in [1.807, 2.05) is 0 Å². The van der Waals surface area contributed by atoms with Crippen molar-refractivity contribution in [1.29, 1.82) is 0 Å². The summed E-state index contributed by atoms with van der Waals surface area (Å²) in [7, 11) is 0. The molecule has 7 heteroatoms. The van der Waals surface area contributed by atoms with Crippen molar-refractivity contribution in [2.24, 2.45) is 0 Å². The molecule has 2 aromatic carbocycles. The third kappa shape index (κ3) is 4.38. The third-order valence-electron chi connectivity index (χ3n) is 3.24. The van der Waals surface area contributed by atoms with Crippen LogP contribution in [0.15, 0.2) is 40.9 Å². The minimum Gasteiger partial charge on any atom is -0.449 e. The van der Waals surface area contributed by atoms with Crippen LogP contribution in [0.4, 0.5) is 14.5 Å². The number of amides is 1. The summed E-state index contributed by atoms with van der Waals surface area (Å²) in [5.74, 6) is -2.53. The maximum atomic E-state index is 13.5. The molecule has 1 amide bonds. The molecule has 0 fully saturated rings. The van der Waals surface area contributed by atoms with Crippen LogP contribution in [0.3, 0.4) is 0 Å². The van der Waals surface area contributed by atoms with E-state index in [1.54, 1.807) is 6.92 Å². The van der Waals surface area contributed by atoms with Crippen LogP contribution in [0.5, 0.6) is 0 Å². The lowest BCUT2D eigenvalue weighted by Gasteiger charge is -2.14. The summed E-state index contributed by atoms with van der Waals surface area (Å²) in [4.78, 5) is 24.1. The van der Waals surface area contributed by atoms with Gasteiger partial charge in [0.25, 0.3) is 5.91 Å². The van der Waals surface area contributed by atoms with Gasteiger partial charge in [-0.25, -0.2) is 13.6 Å². The second-order valence-corrected chi connectivity index (χ2v) is 5.98. The summed E-state index contributed by atoms with van der Waals surface area (Å²) in [6.07, 6.45) is -1.14. The lowest BCUT2D eigenvalue weighted by molar-refractivity contribution is -0.123. The van der Waals surface area contributed by atoms with Gasteiger partial charge in [-0.05, 0) is 65.7 Å². The van der Waals surface area contributed by atoms with Crippen LogP contribution >= 0.6 is 15.9 Å². The Bertz CT molecular complexity index is 795. The molecule has 0 radical (unpaired) electrons. The highest BCUT2D eigenvalue weighted by Gasteiger charge is 2.21. The van der Waals surface area contributed by atoms with E-state index in [2.05, 4.69) is 21.2 Å². The second-order valence-electron chi connectivity index (χ2n) is 5.12. The molecule has 0 aliphatic heterocycles. The monoisotopic (exact) mass is 397 g/mol. The van der Waals surface area contributed by atoms with E-state index in [9.17, 15) is 18.4 Å². The summed E-state index contributed by atoms with van der Waals surface area (Å²) >= 11 is 3.12. The van der Waals surface area contributed by atoms with Crippen molar-refractivity contribution in [1.82, 2.24) is 0 Å². The van der Waals surface area contributed by atoms with Crippen molar-refractivity contribution >= 4 is 33.5 Å². The molecule has 0 aliphatic rings. The summed E-state index contributed by atoms with van der Waals surface area (Å²) in [6.45, 7) is 2.97. The van der Waals surface area contributed by atoms with Gasteiger partial charge in [-0.3, -0.25) is 4.79 Å². The summed E-state index contributed by atoms with van der Waals surface area (Å²) < 4.78 is 32.1. The second kappa shape index (κ2) is 7.53. The number of rotatable bonds is 4. The minimum absolute atomic E-state index is 0.0315.